The monoisotopic (exact) mass is 322 g/mol. The van der Waals surface area contributed by atoms with E-state index in [2.05, 4.69) is 10.3 Å². The molecule has 2 aromatic carbocycles. The molecule has 3 N–H and O–H groups in total. The number of carbonyl (C=O) groups excluding carboxylic acids is 1. The Kier molecular flexibility index (Phi) is 4.96. The maximum absolute atomic E-state index is 12.6. The van der Waals surface area contributed by atoms with Crippen LogP contribution in [0.5, 0.6) is 0 Å². The number of benzene rings is 2. The molecule has 0 aliphatic rings. The Morgan fingerprint density at radius 2 is 1.92 bits per heavy atom. The summed E-state index contributed by atoms with van der Waals surface area (Å²) in [5.74, 6) is -0.00713. The minimum Gasteiger partial charge on any atom is -0.393 e. The highest BCUT2D eigenvalue weighted by atomic mass is 16.3. The Morgan fingerprint density at radius 1 is 1.12 bits per heavy atom. The molecule has 2 atom stereocenters. The van der Waals surface area contributed by atoms with E-state index in [4.69, 9.17) is 0 Å². The lowest BCUT2D eigenvalue weighted by atomic mass is 9.93. The second-order valence-electron chi connectivity index (χ2n) is 6.15. The molecule has 0 radical (unpaired) electrons. The third kappa shape index (κ3) is 3.66. The number of carbonyl (C=O) groups is 1. The maximum Gasteiger partial charge on any atom is 0.251 e. The number of fused-ring (bicyclic) bond motifs is 1. The number of hydrogen-bond acceptors (Lipinski definition) is 2. The Hall–Kier alpha value is -2.59. The number of nitrogens with one attached hydrogen (secondary N) is 2. The predicted molar refractivity (Wildman–Crippen MR) is 96.1 cm³/mol. The number of aromatic amines is 1. The van der Waals surface area contributed by atoms with Gasteiger partial charge in [0.1, 0.15) is 0 Å². The average molecular weight is 322 g/mol. The van der Waals surface area contributed by atoms with Gasteiger partial charge in [0.15, 0.2) is 0 Å². The topological polar surface area (TPSA) is 65.1 Å². The molecule has 0 aliphatic carbocycles. The van der Waals surface area contributed by atoms with Gasteiger partial charge in [-0.15, -0.1) is 0 Å². The quantitative estimate of drug-likeness (QED) is 0.651. The summed E-state index contributed by atoms with van der Waals surface area (Å²) in [5.41, 5.74) is 2.74. The van der Waals surface area contributed by atoms with Gasteiger partial charge in [0, 0.05) is 35.1 Å². The van der Waals surface area contributed by atoms with Gasteiger partial charge in [-0.1, -0.05) is 36.4 Å². The van der Waals surface area contributed by atoms with Crippen LogP contribution in [0.4, 0.5) is 0 Å². The Labute approximate surface area is 141 Å². The van der Waals surface area contributed by atoms with Crippen molar-refractivity contribution < 1.29 is 9.90 Å². The molecule has 3 aromatic rings. The lowest BCUT2D eigenvalue weighted by molar-refractivity contribution is 0.0947. The van der Waals surface area contributed by atoms with E-state index in [1.807, 2.05) is 60.8 Å². The van der Waals surface area contributed by atoms with E-state index in [-0.39, 0.29) is 11.8 Å². The van der Waals surface area contributed by atoms with E-state index in [9.17, 15) is 9.90 Å². The van der Waals surface area contributed by atoms with Crippen molar-refractivity contribution in [2.75, 3.05) is 6.54 Å². The molecule has 0 unspecified atom stereocenters. The van der Waals surface area contributed by atoms with Crippen molar-refractivity contribution in [2.45, 2.75) is 25.4 Å². The van der Waals surface area contributed by atoms with Crippen LogP contribution in [0.15, 0.2) is 60.8 Å². The van der Waals surface area contributed by atoms with Gasteiger partial charge in [0.2, 0.25) is 0 Å². The molecule has 4 nitrogen and oxygen atoms in total. The van der Waals surface area contributed by atoms with Crippen LogP contribution in [0, 0.1) is 0 Å². The first-order chi connectivity index (χ1) is 11.6. The molecule has 24 heavy (non-hydrogen) atoms. The zero-order chi connectivity index (χ0) is 16.9. The van der Waals surface area contributed by atoms with Crippen molar-refractivity contribution in [3.63, 3.8) is 0 Å². The van der Waals surface area contributed by atoms with Gasteiger partial charge >= 0.3 is 0 Å². The molecule has 3 rings (SSSR count). The van der Waals surface area contributed by atoms with Crippen LogP contribution >= 0.6 is 0 Å². The van der Waals surface area contributed by atoms with Gasteiger partial charge in [-0.25, -0.2) is 0 Å². The smallest absolute Gasteiger partial charge is 0.251 e. The van der Waals surface area contributed by atoms with Gasteiger partial charge in [0.25, 0.3) is 5.91 Å². The van der Waals surface area contributed by atoms with Crippen LogP contribution < -0.4 is 5.32 Å². The molecule has 1 amide bonds. The zero-order valence-electron chi connectivity index (χ0n) is 13.7. The van der Waals surface area contributed by atoms with Crippen LogP contribution in [0.1, 0.15) is 35.2 Å². The van der Waals surface area contributed by atoms with Gasteiger partial charge in [-0.05, 0) is 37.1 Å². The van der Waals surface area contributed by atoms with Gasteiger partial charge in [0.05, 0.1) is 6.10 Å². The highest BCUT2D eigenvalue weighted by Gasteiger charge is 2.17. The minimum atomic E-state index is -0.416. The van der Waals surface area contributed by atoms with Crippen molar-refractivity contribution >= 4 is 16.8 Å². The normalized spacial score (nSPS) is 13.6. The summed E-state index contributed by atoms with van der Waals surface area (Å²) in [6, 6.07) is 17.6. The summed E-state index contributed by atoms with van der Waals surface area (Å²) in [7, 11) is 0. The molecule has 0 saturated heterocycles. The first-order valence-corrected chi connectivity index (χ1v) is 8.22. The summed E-state index contributed by atoms with van der Waals surface area (Å²) < 4.78 is 0. The highest BCUT2D eigenvalue weighted by molar-refractivity contribution is 6.06. The predicted octanol–water partition coefficient (Wildman–Crippen LogP) is 3.45. The first-order valence-electron chi connectivity index (χ1n) is 8.22. The SMILES string of the molecule is C[C@@H](O)C[C@H](CNC(=O)c1cccc2[nH]ccc12)c1ccccc1. The third-order valence-corrected chi connectivity index (χ3v) is 4.25. The van der Waals surface area contributed by atoms with Crippen molar-refractivity contribution in [3.05, 3.63) is 71.9 Å². The lowest BCUT2D eigenvalue weighted by Crippen LogP contribution is -2.29. The maximum atomic E-state index is 12.6. The van der Waals surface area contributed by atoms with Gasteiger partial charge in [-0.3, -0.25) is 4.79 Å². The van der Waals surface area contributed by atoms with E-state index in [0.29, 0.717) is 18.5 Å². The second kappa shape index (κ2) is 7.32. The number of amides is 1. The highest BCUT2D eigenvalue weighted by Crippen LogP contribution is 2.21. The van der Waals surface area contributed by atoms with Crippen molar-refractivity contribution in [3.8, 4) is 0 Å². The Bertz CT molecular complexity index is 809. The average Bonchev–Trinajstić information content (AvgIpc) is 3.07. The van der Waals surface area contributed by atoms with Crippen molar-refractivity contribution in [1.29, 1.82) is 0 Å². The Morgan fingerprint density at radius 3 is 2.67 bits per heavy atom. The van der Waals surface area contributed by atoms with Crippen LogP contribution in [-0.4, -0.2) is 28.6 Å². The molecular formula is C20H22N2O2. The molecule has 0 aliphatic heterocycles. The number of hydrogen-bond donors (Lipinski definition) is 3. The number of rotatable bonds is 6. The number of aliphatic hydroxyl groups is 1. The molecule has 0 fully saturated rings. The van der Waals surface area contributed by atoms with Crippen LogP contribution in [-0.2, 0) is 0 Å². The van der Waals surface area contributed by atoms with E-state index >= 15 is 0 Å². The standard InChI is InChI=1S/C20H22N2O2/c1-14(23)12-16(15-6-3-2-4-7-15)13-22-20(24)18-8-5-9-19-17(18)10-11-21-19/h2-11,14,16,21,23H,12-13H2,1H3,(H,22,24)/t14-,16-/m1/s1. The summed E-state index contributed by atoms with van der Waals surface area (Å²) in [6.07, 6.45) is 2.03. The molecule has 0 spiro atoms. The lowest BCUT2D eigenvalue weighted by Gasteiger charge is -2.20. The van der Waals surface area contributed by atoms with E-state index in [1.54, 1.807) is 6.92 Å². The van der Waals surface area contributed by atoms with E-state index in [0.717, 1.165) is 16.5 Å². The van der Waals surface area contributed by atoms with Crippen LogP contribution in [0.25, 0.3) is 10.9 Å². The fourth-order valence-electron chi connectivity index (χ4n) is 3.07. The zero-order valence-corrected chi connectivity index (χ0v) is 13.7. The summed E-state index contributed by atoms with van der Waals surface area (Å²) in [6.45, 7) is 2.27. The molecular weight excluding hydrogens is 300 g/mol. The number of aliphatic hydroxyl groups excluding tert-OH is 1. The summed E-state index contributed by atoms with van der Waals surface area (Å²) >= 11 is 0. The fourth-order valence-corrected chi connectivity index (χ4v) is 3.07. The van der Waals surface area contributed by atoms with Gasteiger partial charge < -0.3 is 15.4 Å². The largest absolute Gasteiger partial charge is 0.393 e. The first kappa shape index (κ1) is 16.3. The molecule has 0 bridgehead atoms. The van der Waals surface area contributed by atoms with Gasteiger partial charge in [-0.2, -0.15) is 0 Å². The molecule has 124 valence electrons. The molecule has 4 heteroatoms. The van der Waals surface area contributed by atoms with Crippen molar-refractivity contribution in [1.82, 2.24) is 10.3 Å². The molecule has 1 aromatic heterocycles. The number of aromatic nitrogens is 1. The van der Waals surface area contributed by atoms with Crippen molar-refractivity contribution in [2.24, 2.45) is 0 Å². The minimum absolute atomic E-state index is 0.0839. The molecule has 0 saturated carbocycles. The fraction of sp³-hybridized carbons (Fsp3) is 0.250. The Balaban J connectivity index is 1.74. The molecule has 1 heterocycles. The van der Waals surface area contributed by atoms with E-state index < -0.39 is 6.10 Å². The summed E-state index contributed by atoms with van der Waals surface area (Å²) in [5, 5.41) is 13.7. The van der Waals surface area contributed by atoms with Crippen LogP contribution in [0.3, 0.4) is 0 Å². The third-order valence-electron chi connectivity index (χ3n) is 4.25. The van der Waals surface area contributed by atoms with E-state index in [1.165, 1.54) is 0 Å². The summed E-state index contributed by atoms with van der Waals surface area (Å²) in [4.78, 5) is 15.7. The second-order valence-corrected chi connectivity index (χ2v) is 6.15. The van der Waals surface area contributed by atoms with Crippen LogP contribution in [0.2, 0.25) is 0 Å². The number of H-pyrrole nitrogens is 1.